The predicted molar refractivity (Wildman–Crippen MR) is 72.5 cm³/mol. The Hall–Kier alpha value is -1.95. The van der Waals surface area contributed by atoms with E-state index in [1.54, 1.807) is 6.92 Å². The minimum Gasteiger partial charge on any atom is -0.477 e. The van der Waals surface area contributed by atoms with E-state index in [0.29, 0.717) is 0 Å². The van der Waals surface area contributed by atoms with Crippen molar-refractivity contribution in [2.24, 2.45) is 0 Å². The summed E-state index contributed by atoms with van der Waals surface area (Å²) in [5, 5.41) is 9.04. The number of alkyl halides is 3. The van der Waals surface area contributed by atoms with Crippen LogP contribution in [0.5, 0.6) is 0 Å². The fourth-order valence-electron chi connectivity index (χ4n) is 2.20. The molecule has 0 saturated heterocycles. The number of nitrogens with zero attached hydrogens (tertiary/aromatic N) is 1. The van der Waals surface area contributed by atoms with Crippen LogP contribution in [0.4, 0.5) is 13.2 Å². The fraction of sp³-hybridized carbons (Fsp3) is 0.214. The second-order valence-electron chi connectivity index (χ2n) is 4.34. The second-order valence-corrected chi connectivity index (χ2v) is 4.78. The van der Waals surface area contributed by atoms with Gasteiger partial charge in [-0.3, -0.25) is 0 Å². The number of aromatic carboxylic acids is 1. The zero-order valence-corrected chi connectivity index (χ0v) is 11.7. The molecule has 0 aliphatic carbocycles. The molecule has 0 spiro atoms. The first-order chi connectivity index (χ1) is 9.75. The number of rotatable bonds is 3. The molecule has 1 heterocycles. The van der Waals surface area contributed by atoms with E-state index >= 15 is 0 Å². The van der Waals surface area contributed by atoms with Crippen LogP contribution < -0.4 is 0 Å². The van der Waals surface area contributed by atoms with Crippen LogP contribution in [0.15, 0.2) is 30.3 Å². The molecule has 1 aromatic heterocycles. The molecule has 21 heavy (non-hydrogen) atoms. The Morgan fingerprint density at radius 3 is 2.48 bits per heavy atom. The molecule has 0 atom stereocenters. The van der Waals surface area contributed by atoms with Crippen molar-refractivity contribution in [3.8, 4) is 11.3 Å². The van der Waals surface area contributed by atoms with Crippen LogP contribution in [0.25, 0.3) is 11.3 Å². The standard InChI is InChI=1S/C14H11ClF3NO2/c1-2-19-11(5-6-12(19)13(20)21)9-4-3-8(15)7-10(9)14(16,17)18/h3-7H,2H2,1H3,(H,20,21). The number of hydrogen-bond donors (Lipinski definition) is 1. The van der Waals surface area contributed by atoms with E-state index in [9.17, 15) is 18.0 Å². The van der Waals surface area contributed by atoms with Crippen molar-refractivity contribution in [3.05, 3.63) is 46.6 Å². The van der Waals surface area contributed by atoms with Crippen molar-refractivity contribution in [1.29, 1.82) is 0 Å². The van der Waals surface area contributed by atoms with Gasteiger partial charge in [0.1, 0.15) is 5.69 Å². The zero-order valence-electron chi connectivity index (χ0n) is 10.9. The van der Waals surface area contributed by atoms with Gasteiger partial charge < -0.3 is 9.67 Å². The number of hydrogen-bond acceptors (Lipinski definition) is 1. The van der Waals surface area contributed by atoms with Gasteiger partial charge in [0, 0.05) is 22.8 Å². The molecule has 1 aromatic carbocycles. The van der Waals surface area contributed by atoms with Crippen molar-refractivity contribution >= 4 is 17.6 Å². The third-order valence-corrected chi connectivity index (χ3v) is 3.31. The lowest BCUT2D eigenvalue weighted by Gasteiger charge is -2.15. The van der Waals surface area contributed by atoms with E-state index in [-0.39, 0.29) is 28.5 Å². The lowest BCUT2D eigenvalue weighted by atomic mass is 10.0. The third kappa shape index (κ3) is 2.90. The number of carboxylic acids is 1. The minimum atomic E-state index is -4.58. The van der Waals surface area contributed by atoms with Gasteiger partial charge in [-0.2, -0.15) is 13.2 Å². The minimum absolute atomic E-state index is 0.0286. The van der Waals surface area contributed by atoms with Gasteiger partial charge in [0.2, 0.25) is 0 Å². The maximum atomic E-state index is 13.1. The summed E-state index contributed by atoms with van der Waals surface area (Å²) in [6, 6.07) is 6.09. The topological polar surface area (TPSA) is 42.2 Å². The van der Waals surface area contributed by atoms with Gasteiger partial charge >= 0.3 is 12.1 Å². The highest BCUT2D eigenvalue weighted by molar-refractivity contribution is 6.30. The predicted octanol–water partition coefficient (Wildman–Crippen LogP) is 4.55. The molecule has 0 unspecified atom stereocenters. The lowest BCUT2D eigenvalue weighted by Crippen LogP contribution is -2.11. The lowest BCUT2D eigenvalue weighted by molar-refractivity contribution is -0.137. The van der Waals surface area contributed by atoms with Crippen LogP contribution in [0.2, 0.25) is 5.02 Å². The van der Waals surface area contributed by atoms with E-state index in [1.807, 2.05) is 0 Å². The van der Waals surface area contributed by atoms with Crippen molar-refractivity contribution in [2.75, 3.05) is 0 Å². The number of carbonyl (C=O) groups is 1. The summed E-state index contributed by atoms with van der Waals surface area (Å²) in [5.74, 6) is -1.19. The SMILES string of the molecule is CCn1c(C(=O)O)ccc1-c1ccc(Cl)cc1C(F)(F)F. The van der Waals surface area contributed by atoms with Crippen LogP contribution >= 0.6 is 11.6 Å². The van der Waals surface area contributed by atoms with E-state index in [0.717, 1.165) is 6.07 Å². The molecule has 1 N–H and O–H groups in total. The Morgan fingerprint density at radius 2 is 1.95 bits per heavy atom. The molecular weight excluding hydrogens is 307 g/mol. The monoisotopic (exact) mass is 317 g/mol. The Bertz CT molecular complexity index is 692. The summed E-state index contributed by atoms with van der Waals surface area (Å²) in [5.41, 5.74) is -0.851. The van der Waals surface area contributed by atoms with Crippen molar-refractivity contribution < 1.29 is 23.1 Å². The third-order valence-electron chi connectivity index (χ3n) is 3.08. The normalized spacial score (nSPS) is 11.7. The largest absolute Gasteiger partial charge is 0.477 e. The summed E-state index contributed by atoms with van der Waals surface area (Å²) < 4.78 is 40.7. The maximum absolute atomic E-state index is 13.1. The molecule has 0 bridgehead atoms. The van der Waals surface area contributed by atoms with Crippen LogP contribution in [0, 0.1) is 0 Å². The summed E-state index contributed by atoms with van der Waals surface area (Å²) in [6.45, 7) is 1.91. The average Bonchev–Trinajstić information content (AvgIpc) is 2.81. The summed E-state index contributed by atoms with van der Waals surface area (Å²) in [7, 11) is 0. The van der Waals surface area contributed by atoms with Gasteiger partial charge in [-0.05, 0) is 31.2 Å². The Labute approximate surface area is 123 Å². The van der Waals surface area contributed by atoms with Crippen LogP contribution in [0.1, 0.15) is 23.0 Å². The number of halogens is 4. The van der Waals surface area contributed by atoms with Crippen LogP contribution in [-0.4, -0.2) is 15.6 Å². The van der Waals surface area contributed by atoms with Gasteiger partial charge in [-0.15, -0.1) is 0 Å². The van der Waals surface area contributed by atoms with Crippen molar-refractivity contribution in [1.82, 2.24) is 4.57 Å². The molecule has 0 amide bonds. The molecule has 2 aromatic rings. The van der Waals surface area contributed by atoms with E-state index in [2.05, 4.69) is 0 Å². The highest BCUT2D eigenvalue weighted by Crippen LogP contribution is 2.39. The molecule has 0 fully saturated rings. The molecule has 3 nitrogen and oxygen atoms in total. The number of aromatic nitrogens is 1. The van der Waals surface area contributed by atoms with Crippen molar-refractivity contribution in [2.45, 2.75) is 19.6 Å². The molecule has 7 heteroatoms. The maximum Gasteiger partial charge on any atom is 0.417 e. The average molecular weight is 318 g/mol. The first kappa shape index (κ1) is 15.4. The Morgan fingerprint density at radius 1 is 1.29 bits per heavy atom. The highest BCUT2D eigenvalue weighted by Gasteiger charge is 2.34. The molecule has 112 valence electrons. The summed E-state index contributed by atoms with van der Waals surface area (Å²) >= 11 is 5.64. The molecule has 0 radical (unpaired) electrons. The van der Waals surface area contributed by atoms with Crippen molar-refractivity contribution in [3.63, 3.8) is 0 Å². The van der Waals surface area contributed by atoms with Gasteiger partial charge in [0.05, 0.1) is 5.56 Å². The van der Waals surface area contributed by atoms with Crippen LogP contribution in [-0.2, 0) is 12.7 Å². The Kier molecular flexibility index (Phi) is 4.00. The van der Waals surface area contributed by atoms with Gasteiger partial charge in [-0.1, -0.05) is 17.7 Å². The van der Waals surface area contributed by atoms with E-state index < -0.39 is 17.7 Å². The fourth-order valence-corrected chi connectivity index (χ4v) is 2.38. The van der Waals surface area contributed by atoms with E-state index in [4.69, 9.17) is 16.7 Å². The summed E-state index contributed by atoms with van der Waals surface area (Å²) in [6.07, 6.45) is -4.58. The summed E-state index contributed by atoms with van der Waals surface area (Å²) in [4.78, 5) is 11.1. The van der Waals surface area contributed by atoms with Gasteiger partial charge in [-0.25, -0.2) is 4.79 Å². The molecule has 0 aliphatic heterocycles. The first-order valence-corrected chi connectivity index (χ1v) is 6.43. The van der Waals surface area contributed by atoms with Crippen LogP contribution in [0.3, 0.4) is 0 Å². The van der Waals surface area contributed by atoms with Gasteiger partial charge in [0.25, 0.3) is 0 Å². The number of benzene rings is 1. The number of carboxylic acid groups (broad SMARTS) is 1. The smallest absolute Gasteiger partial charge is 0.417 e. The Balaban J connectivity index is 2.71. The van der Waals surface area contributed by atoms with Gasteiger partial charge in [0.15, 0.2) is 0 Å². The molecule has 2 rings (SSSR count). The van der Waals surface area contributed by atoms with E-state index in [1.165, 1.54) is 28.8 Å². The highest BCUT2D eigenvalue weighted by atomic mass is 35.5. The zero-order chi connectivity index (χ0) is 15.8. The quantitative estimate of drug-likeness (QED) is 0.902. The molecule has 0 aliphatic rings. The molecule has 0 saturated carbocycles. The first-order valence-electron chi connectivity index (χ1n) is 6.05. The second kappa shape index (κ2) is 5.44. The molecular formula is C14H11ClF3NO2.